The molecular formula is C19H23ClN2O4S2. The van der Waals surface area contributed by atoms with E-state index in [0.717, 1.165) is 17.7 Å². The average Bonchev–Trinajstić information content (AvgIpc) is 3.37. The number of hydrogen-bond acceptors (Lipinski definition) is 5. The number of ether oxygens (including phenoxy) is 1. The van der Waals surface area contributed by atoms with Crippen molar-refractivity contribution in [3.05, 3.63) is 45.1 Å². The summed E-state index contributed by atoms with van der Waals surface area (Å²) in [5.41, 5.74) is 0.322. The quantitative estimate of drug-likeness (QED) is 0.653. The van der Waals surface area contributed by atoms with Gasteiger partial charge in [0.15, 0.2) is 0 Å². The Kier molecular flexibility index (Phi) is 6.65. The van der Waals surface area contributed by atoms with Gasteiger partial charge in [0.1, 0.15) is 10.6 Å². The Bertz CT molecular complexity index is 953. The van der Waals surface area contributed by atoms with Gasteiger partial charge in [0.05, 0.1) is 18.0 Å². The van der Waals surface area contributed by atoms with E-state index in [1.165, 1.54) is 28.8 Å². The van der Waals surface area contributed by atoms with Crippen LogP contribution >= 0.6 is 22.9 Å². The Labute approximate surface area is 174 Å². The lowest BCUT2D eigenvalue weighted by molar-refractivity contribution is 0.0754. The largest absolute Gasteiger partial charge is 0.495 e. The highest BCUT2D eigenvalue weighted by atomic mass is 35.5. The van der Waals surface area contributed by atoms with E-state index in [1.54, 1.807) is 23.1 Å². The number of halogens is 1. The smallest absolute Gasteiger partial charge is 0.254 e. The molecule has 1 aromatic carbocycles. The summed E-state index contributed by atoms with van der Waals surface area (Å²) in [7, 11) is -2.27. The lowest BCUT2D eigenvalue weighted by Crippen LogP contribution is -2.31. The highest BCUT2D eigenvalue weighted by Crippen LogP contribution is 2.30. The van der Waals surface area contributed by atoms with Crippen molar-refractivity contribution in [1.29, 1.82) is 0 Å². The number of methoxy groups -OCH3 is 1. The van der Waals surface area contributed by atoms with Gasteiger partial charge in [-0.3, -0.25) is 4.79 Å². The molecule has 3 rings (SSSR count). The molecule has 9 heteroatoms. The van der Waals surface area contributed by atoms with Gasteiger partial charge in [0.25, 0.3) is 5.91 Å². The maximum Gasteiger partial charge on any atom is 0.254 e. The molecule has 1 aromatic heterocycles. The van der Waals surface area contributed by atoms with E-state index in [1.807, 2.05) is 13.0 Å². The second-order valence-corrected chi connectivity index (χ2v) is 10.2. The van der Waals surface area contributed by atoms with E-state index in [0.29, 0.717) is 36.1 Å². The first-order chi connectivity index (χ1) is 13.4. The average molecular weight is 443 g/mol. The van der Waals surface area contributed by atoms with Crippen molar-refractivity contribution in [1.82, 2.24) is 9.21 Å². The van der Waals surface area contributed by atoms with Crippen molar-refractivity contribution in [2.24, 2.45) is 0 Å². The highest BCUT2D eigenvalue weighted by Gasteiger charge is 2.31. The normalized spacial score (nSPS) is 15.0. The molecule has 1 saturated heterocycles. The number of carbonyl (C=O) groups is 1. The Morgan fingerprint density at radius 2 is 1.96 bits per heavy atom. The third-order valence-electron chi connectivity index (χ3n) is 4.74. The minimum absolute atomic E-state index is 0.0398. The molecule has 0 unspecified atom stereocenters. The Morgan fingerprint density at radius 1 is 1.25 bits per heavy atom. The maximum absolute atomic E-state index is 13.0. The summed E-state index contributed by atoms with van der Waals surface area (Å²) in [6.45, 7) is 3.79. The zero-order valence-electron chi connectivity index (χ0n) is 15.9. The number of carbonyl (C=O) groups excluding carboxylic acids is 1. The summed E-state index contributed by atoms with van der Waals surface area (Å²) in [5.74, 6) is 0.0177. The molecule has 2 heterocycles. The topological polar surface area (TPSA) is 66.9 Å². The zero-order valence-corrected chi connectivity index (χ0v) is 18.2. The van der Waals surface area contributed by atoms with Crippen molar-refractivity contribution < 1.29 is 17.9 Å². The maximum atomic E-state index is 13.0. The zero-order chi connectivity index (χ0) is 20.3. The molecule has 0 spiro atoms. The Hall–Kier alpha value is -1.61. The molecule has 1 aliphatic heterocycles. The van der Waals surface area contributed by atoms with Gasteiger partial charge in [-0.2, -0.15) is 4.31 Å². The summed E-state index contributed by atoms with van der Waals surface area (Å²) in [4.78, 5) is 15.7. The van der Waals surface area contributed by atoms with Crippen LogP contribution in [0.5, 0.6) is 5.75 Å². The van der Waals surface area contributed by atoms with E-state index in [4.69, 9.17) is 16.3 Å². The van der Waals surface area contributed by atoms with Crippen LogP contribution in [0.2, 0.25) is 4.34 Å². The Morgan fingerprint density at radius 3 is 2.54 bits per heavy atom. The molecule has 0 saturated carbocycles. The minimum Gasteiger partial charge on any atom is -0.495 e. The van der Waals surface area contributed by atoms with Gasteiger partial charge in [0, 0.05) is 30.1 Å². The minimum atomic E-state index is -3.70. The molecule has 0 N–H and O–H groups in total. The van der Waals surface area contributed by atoms with Gasteiger partial charge in [0.2, 0.25) is 10.0 Å². The van der Waals surface area contributed by atoms with Crippen LogP contribution < -0.4 is 4.74 Å². The second-order valence-electron chi connectivity index (χ2n) is 6.50. The fourth-order valence-corrected chi connectivity index (χ4v) is 6.02. The third-order valence-corrected chi connectivity index (χ3v) is 7.87. The van der Waals surface area contributed by atoms with Gasteiger partial charge in [-0.1, -0.05) is 11.6 Å². The molecule has 6 nitrogen and oxygen atoms in total. The number of nitrogens with zero attached hydrogens (tertiary/aromatic N) is 2. The second kappa shape index (κ2) is 8.82. The van der Waals surface area contributed by atoms with Crippen LogP contribution in [0, 0.1) is 0 Å². The summed E-state index contributed by atoms with van der Waals surface area (Å²) in [5, 5.41) is 0. The molecule has 0 radical (unpaired) electrons. The van der Waals surface area contributed by atoms with E-state index >= 15 is 0 Å². The lowest BCUT2D eigenvalue weighted by Gasteiger charge is -2.22. The third kappa shape index (κ3) is 4.35. The number of benzene rings is 1. The SMILES string of the molecule is CCN(Cc1ccc(Cl)s1)C(=O)c1ccc(OC)c(S(=O)(=O)N2CCCC2)c1. The number of rotatable bonds is 7. The molecule has 0 atom stereocenters. The summed E-state index contributed by atoms with van der Waals surface area (Å²) < 4.78 is 33.4. The predicted molar refractivity (Wildman–Crippen MR) is 111 cm³/mol. The number of amides is 1. The molecule has 1 fully saturated rings. The van der Waals surface area contributed by atoms with Crippen molar-refractivity contribution >= 4 is 38.9 Å². The highest BCUT2D eigenvalue weighted by molar-refractivity contribution is 7.89. The molecule has 1 aliphatic rings. The first kappa shape index (κ1) is 21.1. The van der Waals surface area contributed by atoms with Crippen molar-refractivity contribution in [3.63, 3.8) is 0 Å². The molecule has 0 aliphatic carbocycles. The van der Waals surface area contributed by atoms with Crippen LogP contribution in [0.1, 0.15) is 35.0 Å². The Balaban J connectivity index is 1.92. The standard InChI is InChI=1S/C19H23ClN2O4S2/c1-3-21(13-15-7-9-18(20)27-15)19(23)14-6-8-16(26-2)17(12-14)28(24,25)22-10-4-5-11-22/h6-9,12H,3-5,10-11,13H2,1-2H3. The first-order valence-corrected chi connectivity index (χ1v) is 11.7. The van der Waals surface area contributed by atoms with Crippen molar-refractivity contribution in [2.75, 3.05) is 26.7 Å². The molecule has 0 bridgehead atoms. The van der Waals surface area contributed by atoms with Gasteiger partial charge in [-0.15, -0.1) is 11.3 Å². The van der Waals surface area contributed by atoms with Crippen LogP contribution in [0.25, 0.3) is 0 Å². The lowest BCUT2D eigenvalue weighted by atomic mass is 10.2. The molecular weight excluding hydrogens is 420 g/mol. The fraction of sp³-hybridized carbons (Fsp3) is 0.421. The van der Waals surface area contributed by atoms with Crippen LogP contribution in [0.3, 0.4) is 0 Å². The van der Waals surface area contributed by atoms with E-state index < -0.39 is 10.0 Å². The van der Waals surface area contributed by atoms with E-state index in [2.05, 4.69) is 0 Å². The summed E-state index contributed by atoms with van der Waals surface area (Å²) >= 11 is 7.40. The number of hydrogen-bond donors (Lipinski definition) is 0. The first-order valence-electron chi connectivity index (χ1n) is 9.08. The van der Waals surface area contributed by atoms with Gasteiger partial charge in [-0.25, -0.2) is 8.42 Å². The van der Waals surface area contributed by atoms with Crippen LogP contribution in [-0.2, 0) is 16.6 Å². The van der Waals surface area contributed by atoms with Crippen LogP contribution in [0.15, 0.2) is 35.2 Å². The van der Waals surface area contributed by atoms with Crippen LogP contribution in [0.4, 0.5) is 0 Å². The molecule has 152 valence electrons. The van der Waals surface area contributed by atoms with Crippen molar-refractivity contribution in [3.8, 4) is 5.75 Å². The summed E-state index contributed by atoms with van der Waals surface area (Å²) in [6.07, 6.45) is 1.68. The van der Waals surface area contributed by atoms with E-state index in [9.17, 15) is 13.2 Å². The fourth-order valence-electron chi connectivity index (χ4n) is 3.21. The van der Waals surface area contributed by atoms with Gasteiger partial charge >= 0.3 is 0 Å². The monoisotopic (exact) mass is 442 g/mol. The van der Waals surface area contributed by atoms with Gasteiger partial charge in [-0.05, 0) is 50.1 Å². The molecule has 1 amide bonds. The number of thiophene rings is 1. The molecule has 2 aromatic rings. The predicted octanol–water partition coefficient (Wildman–Crippen LogP) is 3.86. The summed E-state index contributed by atoms with van der Waals surface area (Å²) in [6, 6.07) is 8.27. The molecule has 28 heavy (non-hydrogen) atoms. The van der Waals surface area contributed by atoms with Gasteiger partial charge < -0.3 is 9.64 Å². The van der Waals surface area contributed by atoms with Crippen molar-refractivity contribution in [2.45, 2.75) is 31.2 Å². The van der Waals surface area contributed by atoms with Crippen LogP contribution in [-0.4, -0.2) is 50.3 Å². The van der Waals surface area contributed by atoms with E-state index in [-0.39, 0.29) is 16.6 Å². The number of sulfonamides is 1.